The molecular formula is C19H20N2O5. The van der Waals surface area contributed by atoms with E-state index in [9.17, 15) is 14.7 Å². The number of hydrogen-bond donors (Lipinski definition) is 3. The summed E-state index contributed by atoms with van der Waals surface area (Å²) in [7, 11) is 1.54. The first-order valence-electron chi connectivity index (χ1n) is 8.20. The quantitative estimate of drug-likeness (QED) is 0.720. The lowest BCUT2D eigenvalue weighted by Crippen LogP contribution is -2.46. The minimum absolute atomic E-state index is 0.0811. The Labute approximate surface area is 150 Å². The molecule has 3 rings (SSSR count). The van der Waals surface area contributed by atoms with Crippen LogP contribution in [0.25, 0.3) is 0 Å². The number of carbonyl (C=O) groups is 2. The Balaban J connectivity index is 1.60. The van der Waals surface area contributed by atoms with Gasteiger partial charge in [-0.25, -0.2) is 0 Å². The molecule has 0 saturated heterocycles. The molecule has 0 spiro atoms. The lowest BCUT2D eigenvalue weighted by atomic mass is 9.88. The molecule has 1 atom stereocenters. The smallest absolute Gasteiger partial charge is 0.313 e. The molecule has 2 aromatic carbocycles. The summed E-state index contributed by atoms with van der Waals surface area (Å²) in [6.07, 6.45) is 0.324. The average molecular weight is 356 g/mol. The minimum atomic E-state index is -1.27. The molecule has 7 heteroatoms. The third-order valence-electron chi connectivity index (χ3n) is 4.26. The second-order valence-corrected chi connectivity index (χ2v) is 5.99. The number of para-hydroxylation sites is 1. The van der Waals surface area contributed by atoms with Crippen molar-refractivity contribution in [3.63, 3.8) is 0 Å². The SMILES string of the molecule is COc1ccc(NC(=O)C(=O)NCC2(O)CCOc3ccccc32)cc1. The van der Waals surface area contributed by atoms with E-state index in [0.717, 1.165) is 0 Å². The van der Waals surface area contributed by atoms with Crippen LogP contribution in [0, 0.1) is 0 Å². The maximum absolute atomic E-state index is 12.1. The molecule has 0 bridgehead atoms. The average Bonchev–Trinajstić information content (AvgIpc) is 2.67. The number of fused-ring (bicyclic) bond motifs is 1. The Bertz CT molecular complexity index is 806. The van der Waals surface area contributed by atoms with Gasteiger partial charge in [-0.15, -0.1) is 0 Å². The van der Waals surface area contributed by atoms with Crippen LogP contribution in [0.1, 0.15) is 12.0 Å². The van der Waals surface area contributed by atoms with Crippen molar-refractivity contribution in [1.29, 1.82) is 0 Å². The summed E-state index contributed by atoms with van der Waals surface area (Å²) < 4.78 is 10.5. The van der Waals surface area contributed by atoms with Gasteiger partial charge in [0.25, 0.3) is 0 Å². The highest BCUT2D eigenvalue weighted by atomic mass is 16.5. The van der Waals surface area contributed by atoms with Gasteiger partial charge in [0.15, 0.2) is 0 Å². The van der Waals surface area contributed by atoms with E-state index in [2.05, 4.69) is 10.6 Å². The molecule has 1 aliphatic rings. The van der Waals surface area contributed by atoms with Gasteiger partial charge in [0.2, 0.25) is 0 Å². The van der Waals surface area contributed by atoms with Crippen LogP contribution < -0.4 is 20.1 Å². The van der Waals surface area contributed by atoms with Gasteiger partial charge < -0.3 is 25.2 Å². The van der Waals surface area contributed by atoms with Crippen molar-refractivity contribution < 1.29 is 24.2 Å². The molecule has 0 aliphatic carbocycles. The predicted octanol–water partition coefficient (Wildman–Crippen LogP) is 1.42. The van der Waals surface area contributed by atoms with E-state index < -0.39 is 17.4 Å². The number of rotatable bonds is 4. The van der Waals surface area contributed by atoms with Gasteiger partial charge in [-0.1, -0.05) is 18.2 Å². The van der Waals surface area contributed by atoms with Crippen molar-refractivity contribution in [2.75, 3.05) is 25.6 Å². The number of aliphatic hydroxyl groups is 1. The fourth-order valence-electron chi connectivity index (χ4n) is 2.79. The van der Waals surface area contributed by atoms with Gasteiger partial charge >= 0.3 is 11.8 Å². The molecule has 1 aliphatic heterocycles. The molecule has 1 unspecified atom stereocenters. The molecule has 0 fully saturated rings. The first-order valence-corrected chi connectivity index (χ1v) is 8.20. The molecule has 136 valence electrons. The van der Waals surface area contributed by atoms with E-state index in [1.54, 1.807) is 49.6 Å². The number of hydrogen-bond acceptors (Lipinski definition) is 5. The number of benzene rings is 2. The van der Waals surface area contributed by atoms with E-state index in [0.29, 0.717) is 35.8 Å². The van der Waals surface area contributed by atoms with Crippen molar-refractivity contribution in [2.45, 2.75) is 12.0 Å². The van der Waals surface area contributed by atoms with E-state index in [1.165, 1.54) is 0 Å². The Morgan fingerprint density at radius 1 is 1.15 bits per heavy atom. The summed E-state index contributed by atoms with van der Waals surface area (Å²) >= 11 is 0. The molecule has 3 N–H and O–H groups in total. The lowest BCUT2D eigenvalue weighted by Gasteiger charge is -2.34. The molecule has 0 saturated carbocycles. The fourth-order valence-corrected chi connectivity index (χ4v) is 2.79. The highest BCUT2D eigenvalue weighted by molar-refractivity contribution is 6.39. The van der Waals surface area contributed by atoms with Crippen molar-refractivity contribution in [2.24, 2.45) is 0 Å². The predicted molar refractivity (Wildman–Crippen MR) is 95.1 cm³/mol. The molecular weight excluding hydrogens is 336 g/mol. The topological polar surface area (TPSA) is 96.9 Å². The zero-order valence-electron chi connectivity index (χ0n) is 14.3. The molecule has 2 aromatic rings. The van der Waals surface area contributed by atoms with Gasteiger partial charge in [0.1, 0.15) is 17.1 Å². The van der Waals surface area contributed by atoms with Crippen LogP contribution in [-0.4, -0.2) is 37.2 Å². The highest BCUT2D eigenvalue weighted by Gasteiger charge is 2.36. The monoisotopic (exact) mass is 356 g/mol. The maximum Gasteiger partial charge on any atom is 0.313 e. The number of nitrogens with one attached hydrogen (secondary N) is 2. The minimum Gasteiger partial charge on any atom is -0.497 e. The van der Waals surface area contributed by atoms with Crippen LogP contribution in [0.3, 0.4) is 0 Å². The summed E-state index contributed by atoms with van der Waals surface area (Å²) in [6.45, 7) is 0.254. The highest BCUT2D eigenvalue weighted by Crippen LogP contribution is 2.36. The zero-order valence-corrected chi connectivity index (χ0v) is 14.3. The first-order chi connectivity index (χ1) is 12.5. The van der Waals surface area contributed by atoms with Gasteiger partial charge in [0, 0.05) is 17.7 Å². The standard InChI is InChI=1S/C19H20N2O5/c1-25-14-8-6-13(7-9-14)21-18(23)17(22)20-12-19(24)10-11-26-16-5-3-2-4-15(16)19/h2-9,24H,10-12H2,1H3,(H,20,22)(H,21,23). The summed E-state index contributed by atoms with van der Waals surface area (Å²) in [5.74, 6) is -0.400. The summed E-state index contributed by atoms with van der Waals surface area (Å²) in [5, 5.41) is 15.9. The number of methoxy groups -OCH3 is 1. The van der Waals surface area contributed by atoms with E-state index in [-0.39, 0.29) is 6.54 Å². The van der Waals surface area contributed by atoms with Crippen LogP contribution in [0.5, 0.6) is 11.5 Å². The largest absolute Gasteiger partial charge is 0.497 e. The van der Waals surface area contributed by atoms with Gasteiger partial charge in [-0.3, -0.25) is 9.59 Å². The summed E-state index contributed by atoms with van der Waals surface area (Å²) in [4.78, 5) is 24.1. The van der Waals surface area contributed by atoms with Crippen LogP contribution in [0.2, 0.25) is 0 Å². The molecule has 1 heterocycles. The second-order valence-electron chi connectivity index (χ2n) is 5.99. The van der Waals surface area contributed by atoms with Crippen LogP contribution in [0.4, 0.5) is 5.69 Å². The van der Waals surface area contributed by atoms with Crippen molar-refractivity contribution >= 4 is 17.5 Å². The zero-order chi connectivity index (χ0) is 18.6. The van der Waals surface area contributed by atoms with Crippen molar-refractivity contribution in [3.05, 3.63) is 54.1 Å². The van der Waals surface area contributed by atoms with E-state index in [4.69, 9.17) is 9.47 Å². The second kappa shape index (κ2) is 7.45. The summed E-state index contributed by atoms with van der Waals surface area (Å²) in [5.41, 5.74) is -0.201. The Morgan fingerprint density at radius 2 is 1.88 bits per heavy atom. The third kappa shape index (κ3) is 3.78. The molecule has 0 radical (unpaired) electrons. The van der Waals surface area contributed by atoms with Crippen molar-refractivity contribution in [1.82, 2.24) is 5.32 Å². The Morgan fingerprint density at radius 3 is 2.62 bits per heavy atom. The molecule has 26 heavy (non-hydrogen) atoms. The number of amides is 2. The van der Waals surface area contributed by atoms with E-state index in [1.807, 2.05) is 6.07 Å². The van der Waals surface area contributed by atoms with Crippen LogP contribution >= 0.6 is 0 Å². The fraction of sp³-hybridized carbons (Fsp3) is 0.263. The number of anilines is 1. The number of carbonyl (C=O) groups excluding carboxylic acids is 2. The summed E-state index contributed by atoms with van der Waals surface area (Å²) in [6, 6.07) is 13.7. The molecule has 7 nitrogen and oxygen atoms in total. The molecule has 0 aromatic heterocycles. The van der Waals surface area contributed by atoms with Gasteiger partial charge in [0.05, 0.1) is 20.3 Å². The van der Waals surface area contributed by atoms with Crippen LogP contribution in [-0.2, 0) is 15.2 Å². The first kappa shape index (κ1) is 17.8. The lowest BCUT2D eigenvalue weighted by molar-refractivity contribution is -0.137. The molecule has 2 amide bonds. The Hall–Kier alpha value is -3.06. The van der Waals surface area contributed by atoms with Gasteiger partial charge in [-0.2, -0.15) is 0 Å². The third-order valence-corrected chi connectivity index (χ3v) is 4.26. The van der Waals surface area contributed by atoms with Gasteiger partial charge in [-0.05, 0) is 30.3 Å². The number of ether oxygens (including phenoxy) is 2. The normalized spacial score (nSPS) is 18.2. The van der Waals surface area contributed by atoms with Crippen molar-refractivity contribution in [3.8, 4) is 11.5 Å². The Kier molecular flexibility index (Phi) is 5.09. The van der Waals surface area contributed by atoms with E-state index >= 15 is 0 Å². The maximum atomic E-state index is 12.1. The van der Waals surface area contributed by atoms with Crippen LogP contribution in [0.15, 0.2) is 48.5 Å².